The highest BCUT2D eigenvalue weighted by Gasteiger charge is 2.18. The minimum Gasteiger partial charge on any atom is -0.313 e. The number of halogens is 1. The summed E-state index contributed by atoms with van der Waals surface area (Å²) in [6, 6.07) is 7.02. The lowest BCUT2D eigenvalue weighted by atomic mass is 10.2. The zero-order chi connectivity index (χ0) is 14.3. The molecule has 0 saturated carbocycles. The van der Waals surface area contributed by atoms with E-state index in [-0.39, 0.29) is 17.5 Å². The average Bonchev–Trinajstić information content (AvgIpc) is 2.32. The Hall–Kier alpha value is -0.580. The molecule has 1 atom stereocenters. The first-order valence-electron chi connectivity index (χ1n) is 6.65. The molecule has 1 aromatic carbocycles. The van der Waals surface area contributed by atoms with Gasteiger partial charge in [0.2, 0.25) is 0 Å². The zero-order valence-corrected chi connectivity index (χ0v) is 13.1. The Morgan fingerprint density at radius 2 is 1.84 bits per heavy atom. The van der Waals surface area contributed by atoms with Crippen molar-refractivity contribution in [2.24, 2.45) is 0 Å². The number of rotatable bonds is 8. The molecule has 0 aromatic heterocycles. The van der Waals surface area contributed by atoms with E-state index in [0.29, 0.717) is 5.02 Å². The summed E-state index contributed by atoms with van der Waals surface area (Å²) in [6.45, 7) is 4.85. The standard InChI is InChI=1S/C14H22ClNO2S/c1-3-5-14(16-4-2)11-19(17,18)10-12-6-8-13(15)9-7-12/h6-9,14,16H,3-5,10-11H2,1-2H3. The lowest BCUT2D eigenvalue weighted by Gasteiger charge is -2.17. The average molecular weight is 304 g/mol. The van der Waals surface area contributed by atoms with Crippen molar-refractivity contribution in [2.75, 3.05) is 12.3 Å². The zero-order valence-electron chi connectivity index (χ0n) is 11.5. The molecule has 0 amide bonds. The predicted molar refractivity (Wildman–Crippen MR) is 81.3 cm³/mol. The van der Waals surface area contributed by atoms with E-state index in [0.717, 1.165) is 24.9 Å². The predicted octanol–water partition coefficient (Wildman–Crippen LogP) is 3.03. The number of hydrogen-bond acceptors (Lipinski definition) is 3. The van der Waals surface area contributed by atoms with E-state index in [9.17, 15) is 8.42 Å². The molecule has 1 unspecified atom stereocenters. The Bertz CT molecular complexity index is 465. The molecule has 0 radical (unpaired) electrons. The molecular weight excluding hydrogens is 282 g/mol. The van der Waals surface area contributed by atoms with Gasteiger partial charge in [0.1, 0.15) is 0 Å². The van der Waals surface area contributed by atoms with Crippen LogP contribution in [0.15, 0.2) is 24.3 Å². The van der Waals surface area contributed by atoms with Crippen LogP contribution in [0.5, 0.6) is 0 Å². The Balaban J connectivity index is 2.66. The van der Waals surface area contributed by atoms with Gasteiger partial charge in [-0.2, -0.15) is 0 Å². The highest BCUT2D eigenvalue weighted by Crippen LogP contribution is 2.13. The third kappa shape index (κ3) is 6.41. The molecule has 108 valence electrons. The molecule has 3 nitrogen and oxygen atoms in total. The van der Waals surface area contributed by atoms with Crippen molar-refractivity contribution in [3.8, 4) is 0 Å². The summed E-state index contributed by atoms with van der Waals surface area (Å²) in [7, 11) is -3.10. The molecule has 0 aliphatic carbocycles. The van der Waals surface area contributed by atoms with Crippen LogP contribution < -0.4 is 5.32 Å². The smallest absolute Gasteiger partial charge is 0.155 e. The second-order valence-corrected chi connectivity index (χ2v) is 7.27. The number of hydrogen-bond donors (Lipinski definition) is 1. The van der Waals surface area contributed by atoms with Crippen LogP contribution in [-0.4, -0.2) is 26.8 Å². The second kappa shape index (κ2) is 7.88. The van der Waals surface area contributed by atoms with Crippen molar-refractivity contribution in [1.29, 1.82) is 0 Å². The lowest BCUT2D eigenvalue weighted by molar-refractivity contribution is 0.512. The minimum atomic E-state index is -3.10. The van der Waals surface area contributed by atoms with Crippen molar-refractivity contribution < 1.29 is 8.42 Å². The Morgan fingerprint density at radius 1 is 1.21 bits per heavy atom. The van der Waals surface area contributed by atoms with Gasteiger partial charge in [-0.3, -0.25) is 0 Å². The van der Waals surface area contributed by atoms with Crippen LogP contribution in [0.2, 0.25) is 5.02 Å². The summed E-state index contributed by atoms with van der Waals surface area (Å²) in [5.74, 6) is 0.271. The van der Waals surface area contributed by atoms with Crippen LogP contribution >= 0.6 is 11.6 Å². The molecule has 1 rings (SSSR count). The largest absolute Gasteiger partial charge is 0.313 e. The third-order valence-electron chi connectivity index (χ3n) is 2.88. The molecule has 5 heteroatoms. The normalized spacial score (nSPS) is 13.4. The topological polar surface area (TPSA) is 46.2 Å². The van der Waals surface area contributed by atoms with Gasteiger partial charge in [-0.25, -0.2) is 8.42 Å². The van der Waals surface area contributed by atoms with Gasteiger partial charge >= 0.3 is 0 Å². The van der Waals surface area contributed by atoms with Gasteiger partial charge in [0, 0.05) is 11.1 Å². The Morgan fingerprint density at radius 3 is 2.37 bits per heavy atom. The van der Waals surface area contributed by atoms with E-state index in [1.165, 1.54) is 0 Å². The summed E-state index contributed by atoms with van der Waals surface area (Å²) in [6.07, 6.45) is 1.86. The summed E-state index contributed by atoms with van der Waals surface area (Å²) in [5.41, 5.74) is 0.788. The molecule has 0 spiro atoms. The maximum absolute atomic E-state index is 12.2. The third-order valence-corrected chi connectivity index (χ3v) is 4.82. The van der Waals surface area contributed by atoms with Gasteiger partial charge in [0.25, 0.3) is 0 Å². The first kappa shape index (κ1) is 16.5. The molecule has 19 heavy (non-hydrogen) atoms. The molecule has 0 fully saturated rings. The van der Waals surface area contributed by atoms with Gasteiger partial charge in [0.05, 0.1) is 11.5 Å². The van der Waals surface area contributed by atoms with Gasteiger partial charge < -0.3 is 5.32 Å². The van der Waals surface area contributed by atoms with Gasteiger partial charge in [-0.15, -0.1) is 0 Å². The second-order valence-electron chi connectivity index (χ2n) is 4.72. The fourth-order valence-corrected chi connectivity index (χ4v) is 3.92. The molecule has 0 heterocycles. The molecule has 1 aromatic rings. The van der Waals surface area contributed by atoms with E-state index in [1.54, 1.807) is 24.3 Å². The number of benzene rings is 1. The molecule has 0 aliphatic rings. The SMILES string of the molecule is CCCC(CS(=O)(=O)Cc1ccc(Cl)cc1)NCC. The minimum absolute atomic E-state index is 0.0484. The van der Waals surface area contributed by atoms with Gasteiger partial charge in [-0.05, 0) is 30.7 Å². The summed E-state index contributed by atoms with van der Waals surface area (Å²) in [4.78, 5) is 0. The summed E-state index contributed by atoms with van der Waals surface area (Å²) in [5, 5.41) is 3.86. The van der Waals surface area contributed by atoms with Crippen LogP contribution in [0.1, 0.15) is 32.3 Å². The van der Waals surface area contributed by atoms with Crippen LogP contribution in [0.4, 0.5) is 0 Å². The van der Waals surface area contributed by atoms with Crippen LogP contribution in [0.25, 0.3) is 0 Å². The van der Waals surface area contributed by atoms with Crippen molar-refractivity contribution in [3.63, 3.8) is 0 Å². The maximum Gasteiger partial charge on any atom is 0.155 e. The fourth-order valence-electron chi connectivity index (χ4n) is 2.08. The highest BCUT2D eigenvalue weighted by atomic mass is 35.5. The fraction of sp³-hybridized carbons (Fsp3) is 0.571. The van der Waals surface area contributed by atoms with E-state index >= 15 is 0 Å². The van der Waals surface area contributed by atoms with Crippen molar-refractivity contribution in [3.05, 3.63) is 34.9 Å². The highest BCUT2D eigenvalue weighted by molar-refractivity contribution is 7.90. The monoisotopic (exact) mass is 303 g/mol. The Labute approximate surface area is 121 Å². The lowest BCUT2D eigenvalue weighted by Crippen LogP contribution is -2.35. The molecule has 0 saturated heterocycles. The van der Waals surface area contributed by atoms with Crippen molar-refractivity contribution >= 4 is 21.4 Å². The summed E-state index contributed by atoms with van der Waals surface area (Å²) >= 11 is 5.79. The van der Waals surface area contributed by atoms with Gasteiger partial charge in [-0.1, -0.05) is 44.0 Å². The first-order valence-corrected chi connectivity index (χ1v) is 8.85. The number of nitrogens with one attached hydrogen (secondary N) is 1. The molecular formula is C14H22ClNO2S. The quantitative estimate of drug-likeness (QED) is 0.803. The molecule has 0 bridgehead atoms. The van der Waals surface area contributed by atoms with E-state index in [4.69, 9.17) is 11.6 Å². The summed E-state index contributed by atoms with van der Waals surface area (Å²) < 4.78 is 24.3. The molecule has 0 aliphatic heterocycles. The Kier molecular flexibility index (Phi) is 6.83. The molecule has 1 N–H and O–H groups in total. The maximum atomic E-state index is 12.2. The first-order chi connectivity index (χ1) is 8.96. The van der Waals surface area contributed by atoms with E-state index in [1.807, 2.05) is 6.92 Å². The number of sulfone groups is 1. The van der Waals surface area contributed by atoms with Gasteiger partial charge in [0.15, 0.2) is 9.84 Å². The van der Waals surface area contributed by atoms with E-state index in [2.05, 4.69) is 12.2 Å². The van der Waals surface area contributed by atoms with Crippen molar-refractivity contribution in [2.45, 2.75) is 38.5 Å². The van der Waals surface area contributed by atoms with Crippen molar-refractivity contribution in [1.82, 2.24) is 5.32 Å². The van der Waals surface area contributed by atoms with Crippen LogP contribution in [0, 0.1) is 0 Å². The van der Waals surface area contributed by atoms with Crippen LogP contribution in [-0.2, 0) is 15.6 Å². The van der Waals surface area contributed by atoms with Crippen LogP contribution in [0.3, 0.4) is 0 Å². The van der Waals surface area contributed by atoms with E-state index < -0.39 is 9.84 Å².